The van der Waals surface area contributed by atoms with Crippen molar-refractivity contribution in [3.05, 3.63) is 41.0 Å². The first-order valence-corrected chi connectivity index (χ1v) is 6.90. The normalized spacial score (nSPS) is 12.0. The van der Waals surface area contributed by atoms with E-state index >= 15 is 0 Å². The summed E-state index contributed by atoms with van der Waals surface area (Å²) < 4.78 is 0. The van der Waals surface area contributed by atoms with Gasteiger partial charge in [-0.1, -0.05) is 58.8 Å². The molecule has 0 saturated heterocycles. The van der Waals surface area contributed by atoms with E-state index in [-0.39, 0.29) is 5.41 Å². The highest BCUT2D eigenvalue weighted by molar-refractivity contribution is 5.88. The van der Waals surface area contributed by atoms with E-state index < -0.39 is 5.97 Å². The maximum absolute atomic E-state index is 11.1. The van der Waals surface area contributed by atoms with Crippen LogP contribution in [0.25, 0.3) is 6.08 Å². The minimum atomic E-state index is -0.872. The van der Waals surface area contributed by atoms with Gasteiger partial charge in [0.25, 0.3) is 0 Å². The van der Waals surface area contributed by atoms with Gasteiger partial charge in [0.15, 0.2) is 0 Å². The molecule has 0 aliphatic rings. The summed E-state index contributed by atoms with van der Waals surface area (Å²) in [5.41, 5.74) is 2.57. The Morgan fingerprint density at radius 2 is 2.00 bits per heavy atom. The fourth-order valence-corrected chi connectivity index (χ4v) is 2.05. The van der Waals surface area contributed by atoms with Crippen LogP contribution < -0.4 is 0 Å². The molecule has 1 aromatic rings. The molecule has 104 valence electrons. The van der Waals surface area contributed by atoms with Gasteiger partial charge in [-0.25, -0.2) is 4.79 Å². The molecule has 0 amide bonds. The van der Waals surface area contributed by atoms with Crippen LogP contribution in [-0.2, 0) is 5.41 Å². The fraction of sp³-hybridized carbons (Fsp3) is 0.471. The number of carboxylic acid groups (broad SMARTS) is 1. The molecule has 0 aliphatic heterocycles. The molecule has 0 aromatic heterocycles. The van der Waals surface area contributed by atoms with Crippen LogP contribution in [0.1, 0.15) is 68.4 Å². The zero-order valence-corrected chi connectivity index (χ0v) is 12.4. The largest absolute Gasteiger partial charge is 0.478 e. The minimum Gasteiger partial charge on any atom is -0.478 e. The van der Waals surface area contributed by atoms with Gasteiger partial charge in [-0.2, -0.15) is 0 Å². The van der Waals surface area contributed by atoms with E-state index in [9.17, 15) is 4.79 Å². The zero-order valence-electron chi connectivity index (χ0n) is 12.4. The number of hydrogen-bond donors (Lipinski definition) is 1. The third-order valence-corrected chi connectivity index (χ3v) is 3.13. The van der Waals surface area contributed by atoms with Crippen LogP contribution in [0.5, 0.6) is 0 Å². The lowest BCUT2D eigenvalue weighted by Gasteiger charge is -2.22. The molecule has 2 heteroatoms. The van der Waals surface area contributed by atoms with Gasteiger partial charge in [0.1, 0.15) is 0 Å². The highest BCUT2D eigenvalue weighted by Gasteiger charge is 2.18. The lowest BCUT2D eigenvalue weighted by molar-refractivity contribution is 0.0697. The number of rotatable bonds is 5. The van der Waals surface area contributed by atoms with Crippen molar-refractivity contribution in [3.63, 3.8) is 0 Å². The average molecular weight is 260 g/mol. The first kappa shape index (κ1) is 15.5. The first-order chi connectivity index (χ1) is 8.86. The quantitative estimate of drug-likeness (QED) is 0.766. The van der Waals surface area contributed by atoms with Crippen LogP contribution in [0.15, 0.2) is 24.3 Å². The third-order valence-electron chi connectivity index (χ3n) is 3.13. The second-order valence-electron chi connectivity index (χ2n) is 5.90. The van der Waals surface area contributed by atoms with E-state index in [2.05, 4.69) is 39.8 Å². The van der Waals surface area contributed by atoms with Crippen molar-refractivity contribution in [2.75, 3.05) is 0 Å². The molecule has 0 fully saturated rings. The maximum Gasteiger partial charge on any atom is 0.335 e. The Hall–Kier alpha value is -1.57. The van der Waals surface area contributed by atoms with Gasteiger partial charge in [-0.3, -0.25) is 0 Å². The van der Waals surface area contributed by atoms with E-state index in [1.165, 1.54) is 18.4 Å². The van der Waals surface area contributed by atoms with E-state index in [0.717, 1.165) is 12.0 Å². The summed E-state index contributed by atoms with van der Waals surface area (Å²) in [4.78, 5) is 11.1. The van der Waals surface area contributed by atoms with E-state index in [4.69, 9.17) is 5.11 Å². The molecule has 0 aliphatic carbocycles. The molecule has 1 rings (SSSR count). The summed E-state index contributed by atoms with van der Waals surface area (Å²) in [5, 5.41) is 9.09. The Kier molecular flexibility index (Phi) is 5.34. The van der Waals surface area contributed by atoms with Crippen molar-refractivity contribution in [2.24, 2.45) is 0 Å². The standard InChI is InChI=1S/C17H24O2/c1-5-6-7-8-9-13-12-14(16(18)19)10-11-15(13)17(2,3)4/h8-12H,5-7H2,1-4H3,(H,18,19)/b9-8-. The van der Waals surface area contributed by atoms with Crippen molar-refractivity contribution < 1.29 is 9.90 Å². The van der Waals surface area contributed by atoms with Gasteiger partial charge >= 0.3 is 5.97 Å². The van der Waals surface area contributed by atoms with Gasteiger partial charge in [0.2, 0.25) is 0 Å². The molecule has 0 saturated carbocycles. The molecular formula is C17H24O2. The lowest BCUT2D eigenvalue weighted by atomic mass is 9.83. The molecule has 1 N–H and O–H groups in total. The highest BCUT2D eigenvalue weighted by Crippen LogP contribution is 2.28. The smallest absolute Gasteiger partial charge is 0.335 e. The number of aromatic carboxylic acids is 1. The summed E-state index contributed by atoms with van der Waals surface area (Å²) in [5.74, 6) is -0.872. The van der Waals surface area contributed by atoms with Crippen molar-refractivity contribution in [3.8, 4) is 0 Å². The van der Waals surface area contributed by atoms with Gasteiger partial charge in [0, 0.05) is 0 Å². The summed E-state index contributed by atoms with van der Waals surface area (Å²) in [6.45, 7) is 8.60. The number of carboxylic acids is 1. The molecule has 19 heavy (non-hydrogen) atoms. The molecule has 0 bridgehead atoms. The van der Waals surface area contributed by atoms with Gasteiger partial charge in [-0.15, -0.1) is 0 Å². The van der Waals surface area contributed by atoms with E-state index in [1.807, 2.05) is 6.07 Å². The van der Waals surface area contributed by atoms with Crippen LogP contribution in [0.2, 0.25) is 0 Å². The predicted molar refractivity (Wildman–Crippen MR) is 80.7 cm³/mol. The van der Waals surface area contributed by atoms with Crippen LogP contribution in [0, 0.1) is 0 Å². The fourth-order valence-electron chi connectivity index (χ4n) is 2.05. The second kappa shape index (κ2) is 6.55. The molecule has 0 heterocycles. The number of allylic oxidation sites excluding steroid dienone is 1. The topological polar surface area (TPSA) is 37.3 Å². The number of unbranched alkanes of at least 4 members (excludes halogenated alkanes) is 2. The van der Waals surface area contributed by atoms with Crippen molar-refractivity contribution in [2.45, 2.75) is 52.4 Å². The van der Waals surface area contributed by atoms with Crippen molar-refractivity contribution >= 4 is 12.0 Å². The monoisotopic (exact) mass is 260 g/mol. The van der Waals surface area contributed by atoms with E-state index in [1.54, 1.807) is 12.1 Å². The first-order valence-electron chi connectivity index (χ1n) is 6.90. The Morgan fingerprint density at radius 1 is 1.32 bits per heavy atom. The molecule has 0 radical (unpaired) electrons. The molecule has 2 nitrogen and oxygen atoms in total. The number of benzene rings is 1. The average Bonchev–Trinajstić information content (AvgIpc) is 2.33. The summed E-state index contributed by atoms with van der Waals surface area (Å²) in [6, 6.07) is 5.39. The Bertz CT molecular complexity index is 465. The Labute approximate surface area is 116 Å². The van der Waals surface area contributed by atoms with Crippen LogP contribution in [0.3, 0.4) is 0 Å². The second-order valence-corrected chi connectivity index (χ2v) is 5.90. The molecule has 0 unspecified atom stereocenters. The Morgan fingerprint density at radius 3 is 2.53 bits per heavy atom. The summed E-state index contributed by atoms with van der Waals surface area (Å²) >= 11 is 0. The lowest BCUT2D eigenvalue weighted by Crippen LogP contribution is -2.13. The van der Waals surface area contributed by atoms with Gasteiger partial charge in [0.05, 0.1) is 5.56 Å². The molecule has 0 atom stereocenters. The predicted octanol–water partition coefficient (Wildman–Crippen LogP) is 4.89. The van der Waals surface area contributed by atoms with Crippen molar-refractivity contribution in [1.82, 2.24) is 0 Å². The number of hydrogen-bond acceptors (Lipinski definition) is 1. The van der Waals surface area contributed by atoms with Crippen LogP contribution in [-0.4, -0.2) is 11.1 Å². The molecule has 1 aromatic carbocycles. The van der Waals surface area contributed by atoms with E-state index in [0.29, 0.717) is 5.56 Å². The minimum absolute atomic E-state index is 0.0153. The van der Waals surface area contributed by atoms with Gasteiger partial charge in [-0.05, 0) is 35.1 Å². The summed E-state index contributed by atoms with van der Waals surface area (Å²) in [7, 11) is 0. The maximum atomic E-state index is 11.1. The SMILES string of the molecule is CCCC/C=C\c1cc(C(=O)O)ccc1C(C)(C)C. The molecule has 0 spiro atoms. The van der Waals surface area contributed by atoms with Crippen molar-refractivity contribution in [1.29, 1.82) is 0 Å². The Balaban J connectivity index is 3.11. The zero-order chi connectivity index (χ0) is 14.5. The van der Waals surface area contributed by atoms with Crippen LogP contribution in [0.4, 0.5) is 0 Å². The van der Waals surface area contributed by atoms with Gasteiger partial charge < -0.3 is 5.11 Å². The highest BCUT2D eigenvalue weighted by atomic mass is 16.4. The molecular weight excluding hydrogens is 236 g/mol. The summed E-state index contributed by atoms with van der Waals surface area (Å²) in [6.07, 6.45) is 7.57. The third kappa shape index (κ3) is 4.55. The van der Waals surface area contributed by atoms with Crippen LogP contribution >= 0.6 is 0 Å². The number of carbonyl (C=O) groups is 1.